The topological polar surface area (TPSA) is 43.4 Å². The van der Waals surface area contributed by atoms with Gasteiger partial charge in [0.25, 0.3) is 6.57 Å². The van der Waals surface area contributed by atoms with Gasteiger partial charge in [-0.15, -0.1) is 0 Å². The summed E-state index contributed by atoms with van der Waals surface area (Å²) in [7, 11) is 0. The lowest BCUT2D eigenvalue weighted by Gasteiger charge is -2.28. The zero-order valence-electron chi connectivity index (χ0n) is 11.6. The van der Waals surface area contributed by atoms with Crippen molar-refractivity contribution in [2.75, 3.05) is 12.9 Å². The quantitative estimate of drug-likeness (QED) is 0.717. The molecule has 5 heteroatoms. The van der Waals surface area contributed by atoms with Gasteiger partial charge in [-0.1, -0.05) is 25.2 Å². The Kier molecular flexibility index (Phi) is 8.44. The second kappa shape index (κ2) is 8.34. The SMILES string of the molecule is CC.CSP(C)(=O)OC1CCC(C(C)=O)CC1. The number of ketones is 1. The van der Waals surface area contributed by atoms with Gasteiger partial charge in [-0.2, -0.15) is 0 Å². The number of rotatable bonds is 4. The molecular formula is C12H25O3PS. The van der Waals surface area contributed by atoms with Gasteiger partial charge in [0.05, 0.1) is 6.10 Å². The van der Waals surface area contributed by atoms with Gasteiger partial charge in [-0.05, 0) is 38.9 Å². The van der Waals surface area contributed by atoms with Crippen LogP contribution in [0.25, 0.3) is 0 Å². The number of carbonyl (C=O) groups excluding carboxylic acids is 1. The van der Waals surface area contributed by atoms with Crippen molar-refractivity contribution in [3.05, 3.63) is 0 Å². The van der Waals surface area contributed by atoms with Gasteiger partial charge in [0.2, 0.25) is 0 Å². The van der Waals surface area contributed by atoms with E-state index >= 15 is 0 Å². The maximum absolute atomic E-state index is 11.7. The molecule has 3 nitrogen and oxygen atoms in total. The Bertz CT molecular complexity index is 273. The fourth-order valence-electron chi connectivity index (χ4n) is 1.89. The molecule has 0 saturated heterocycles. The van der Waals surface area contributed by atoms with Crippen LogP contribution in [0.4, 0.5) is 0 Å². The van der Waals surface area contributed by atoms with Crippen LogP contribution in [0.2, 0.25) is 0 Å². The van der Waals surface area contributed by atoms with Crippen molar-refractivity contribution in [1.82, 2.24) is 0 Å². The maximum Gasteiger partial charge on any atom is 0.254 e. The van der Waals surface area contributed by atoms with Crippen LogP contribution >= 0.6 is 18.0 Å². The van der Waals surface area contributed by atoms with Crippen LogP contribution in [0.15, 0.2) is 0 Å². The number of hydrogen-bond acceptors (Lipinski definition) is 4. The van der Waals surface area contributed by atoms with Crippen molar-refractivity contribution in [2.45, 2.75) is 52.6 Å². The number of hydrogen-bond donors (Lipinski definition) is 0. The first-order valence-electron chi connectivity index (χ1n) is 6.26. The summed E-state index contributed by atoms with van der Waals surface area (Å²) in [6.45, 7) is 4.86. The van der Waals surface area contributed by atoms with E-state index in [1.165, 1.54) is 11.4 Å². The molecular weight excluding hydrogens is 255 g/mol. The Morgan fingerprint density at radius 1 is 1.24 bits per heavy atom. The summed E-state index contributed by atoms with van der Waals surface area (Å²) >= 11 is 1.29. The molecule has 1 aliphatic rings. The third kappa shape index (κ3) is 6.64. The Hall–Kier alpha value is 0.210. The van der Waals surface area contributed by atoms with Crippen LogP contribution in [0, 0.1) is 5.92 Å². The Balaban J connectivity index is 0.00000121. The molecule has 102 valence electrons. The summed E-state index contributed by atoms with van der Waals surface area (Å²) in [5, 5.41) is 0. The molecule has 0 bridgehead atoms. The van der Waals surface area contributed by atoms with E-state index in [0.29, 0.717) is 0 Å². The van der Waals surface area contributed by atoms with Crippen LogP contribution < -0.4 is 0 Å². The predicted molar refractivity (Wildman–Crippen MR) is 75.9 cm³/mol. The average Bonchev–Trinajstić information content (AvgIpc) is 2.32. The first-order chi connectivity index (χ1) is 7.94. The van der Waals surface area contributed by atoms with Crippen molar-refractivity contribution >= 4 is 23.7 Å². The summed E-state index contributed by atoms with van der Waals surface area (Å²) in [6, 6.07) is 0. The summed E-state index contributed by atoms with van der Waals surface area (Å²) in [4.78, 5) is 11.1. The monoisotopic (exact) mass is 280 g/mol. The minimum absolute atomic E-state index is 0.0869. The lowest BCUT2D eigenvalue weighted by molar-refractivity contribution is -0.122. The molecule has 0 radical (unpaired) electrons. The molecule has 0 heterocycles. The Labute approximate surface area is 109 Å². The van der Waals surface area contributed by atoms with E-state index in [-0.39, 0.29) is 17.8 Å². The van der Waals surface area contributed by atoms with Crippen LogP contribution in [0.1, 0.15) is 46.5 Å². The fourth-order valence-corrected chi connectivity index (χ4v) is 3.35. The van der Waals surface area contributed by atoms with E-state index in [1.807, 2.05) is 20.1 Å². The lowest BCUT2D eigenvalue weighted by Crippen LogP contribution is -2.24. The zero-order valence-corrected chi connectivity index (χ0v) is 13.3. The van der Waals surface area contributed by atoms with E-state index in [1.54, 1.807) is 13.6 Å². The molecule has 0 N–H and O–H groups in total. The minimum atomic E-state index is -2.45. The molecule has 1 aliphatic carbocycles. The van der Waals surface area contributed by atoms with Crippen LogP contribution in [0.3, 0.4) is 0 Å². The normalized spacial score (nSPS) is 27.6. The van der Waals surface area contributed by atoms with Gasteiger partial charge in [0.15, 0.2) is 0 Å². The lowest BCUT2D eigenvalue weighted by atomic mass is 9.85. The number of Topliss-reactive ketones (excluding diaryl/α,β-unsaturated/α-hetero) is 1. The fraction of sp³-hybridized carbons (Fsp3) is 0.917. The van der Waals surface area contributed by atoms with Gasteiger partial charge in [0, 0.05) is 12.6 Å². The molecule has 1 saturated carbocycles. The molecule has 1 rings (SSSR count). The van der Waals surface area contributed by atoms with Gasteiger partial charge in [0.1, 0.15) is 5.78 Å². The maximum atomic E-state index is 11.7. The van der Waals surface area contributed by atoms with E-state index in [4.69, 9.17) is 4.52 Å². The summed E-state index contributed by atoms with van der Waals surface area (Å²) < 4.78 is 17.3. The second-order valence-electron chi connectivity index (χ2n) is 4.14. The smallest absolute Gasteiger partial charge is 0.254 e. The second-order valence-corrected chi connectivity index (χ2v) is 9.35. The summed E-state index contributed by atoms with van der Waals surface area (Å²) in [6.07, 6.45) is 5.39. The van der Waals surface area contributed by atoms with E-state index in [0.717, 1.165) is 25.7 Å². The standard InChI is InChI=1S/C10H19O3PS.C2H6/c1-8(11)9-4-6-10(7-5-9)13-14(2,12)15-3;1-2/h9-10H,4-7H2,1-3H3;1-2H3. The molecule has 0 spiro atoms. The molecule has 1 fully saturated rings. The zero-order chi connectivity index (χ0) is 13.5. The van der Waals surface area contributed by atoms with Gasteiger partial charge in [-0.3, -0.25) is 9.36 Å². The van der Waals surface area contributed by atoms with Crippen LogP contribution in [-0.2, 0) is 13.9 Å². The largest absolute Gasteiger partial charge is 0.318 e. The predicted octanol–water partition coefficient (Wildman–Crippen LogP) is 4.36. The molecule has 0 amide bonds. The molecule has 0 aromatic rings. The van der Waals surface area contributed by atoms with Crippen molar-refractivity contribution in [3.63, 3.8) is 0 Å². The summed E-state index contributed by atoms with van der Waals surface area (Å²) in [5.74, 6) is 0.480. The number of carbonyl (C=O) groups is 1. The highest BCUT2D eigenvalue weighted by Crippen LogP contribution is 2.56. The van der Waals surface area contributed by atoms with Crippen molar-refractivity contribution in [1.29, 1.82) is 0 Å². The molecule has 0 aromatic heterocycles. The highest BCUT2D eigenvalue weighted by Gasteiger charge is 2.28. The summed E-state index contributed by atoms with van der Waals surface area (Å²) in [5.41, 5.74) is 0. The Morgan fingerprint density at radius 3 is 2.06 bits per heavy atom. The first-order valence-corrected chi connectivity index (χ1v) is 10.2. The van der Waals surface area contributed by atoms with Crippen molar-refractivity contribution in [3.8, 4) is 0 Å². The highest BCUT2D eigenvalue weighted by molar-refractivity contribution is 8.56. The van der Waals surface area contributed by atoms with Gasteiger partial charge in [-0.25, -0.2) is 0 Å². The van der Waals surface area contributed by atoms with Gasteiger partial charge < -0.3 is 4.52 Å². The van der Waals surface area contributed by atoms with Gasteiger partial charge >= 0.3 is 0 Å². The minimum Gasteiger partial charge on any atom is -0.318 e. The van der Waals surface area contributed by atoms with Crippen LogP contribution in [0.5, 0.6) is 0 Å². The van der Waals surface area contributed by atoms with Crippen molar-refractivity contribution in [2.24, 2.45) is 5.92 Å². The first kappa shape index (κ1) is 17.2. The van der Waals surface area contributed by atoms with Crippen LogP contribution in [-0.4, -0.2) is 24.8 Å². The highest BCUT2D eigenvalue weighted by atomic mass is 32.7. The Morgan fingerprint density at radius 2 is 1.71 bits per heavy atom. The third-order valence-corrected chi connectivity index (χ3v) is 6.51. The average molecular weight is 280 g/mol. The van der Waals surface area contributed by atoms with E-state index in [9.17, 15) is 9.36 Å². The molecule has 0 aliphatic heterocycles. The molecule has 1 unspecified atom stereocenters. The molecule has 0 aromatic carbocycles. The third-order valence-electron chi connectivity index (χ3n) is 2.92. The van der Waals surface area contributed by atoms with E-state index in [2.05, 4.69) is 0 Å². The molecule has 1 atom stereocenters. The van der Waals surface area contributed by atoms with E-state index < -0.39 is 6.57 Å². The molecule has 17 heavy (non-hydrogen) atoms. The van der Waals surface area contributed by atoms with Crippen molar-refractivity contribution < 1.29 is 13.9 Å².